The third-order valence-corrected chi connectivity index (χ3v) is 3.05. The maximum Gasteiger partial charge on any atom is 0.120 e. The van der Waals surface area contributed by atoms with Crippen LogP contribution in [0.25, 0.3) is 0 Å². The normalized spacial score (nSPS) is 10.2. The van der Waals surface area contributed by atoms with Crippen LogP contribution < -0.4 is 5.32 Å². The summed E-state index contributed by atoms with van der Waals surface area (Å²) in [5.74, 6) is 0.304. The van der Waals surface area contributed by atoms with E-state index < -0.39 is 0 Å². The Bertz CT molecular complexity index is 525. The van der Waals surface area contributed by atoms with Gasteiger partial charge in [-0.05, 0) is 30.7 Å². The summed E-state index contributed by atoms with van der Waals surface area (Å²) >= 11 is 6.04. The van der Waals surface area contributed by atoms with Gasteiger partial charge in [-0.25, -0.2) is 0 Å². The van der Waals surface area contributed by atoms with Crippen molar-refractivity contribution >= 4 is 17.3 Å². The fourth-order valence-corrected chi connectivity index (χ4v) is 1.74. The first-order valence-electron chi connectivity index (χ1n) is 5.44. The van der Waals surface area contributed by atoms with E-state index >= 15 is 0 Å². The third-order valence-electron chi connectivity index (χ3n) is 2.65. The van der Waals surface area contributed by atoms with Crippen molar-refractivity contribution in [2.75, 3.05) is 5.32 Å². The van der Waals surface area contributed by atoms with Crippen LogP contribution in [0, 0.1) is 6.92 Å². The lowest BCUT2D eigenvalue weighted by atomic mass is 10.2. The monoisotopic (exact) mass is 247 g/mol. The van der Waals surface area contributed by atoms with E-state index in [0.29, 0.717) is 12.3 Å². The van der Waals surface area contributed by atoms with Gasteiger partial charge in [-0.3, -0.25) is 0 Å². The molecule has 2 nitrogen and oxygen atoms in total. The molecule has 2 aromatic carbocycles. The standard InChI is InChI=1S/C14H14ClNO/c1-10-6-7-12(8-13(10)15)16-9-11-4-2-3-5-14(11)17/h2-8,16-17H,9H2,1H3. The number of aryl methyl sites for hydroxylation is 1. The third kappa shape index (κ3) is 2.92. The molecule has 0 bridgehead atoms. The van der Waals surface area contributed by atoms with E-state index in [4.69, 9.17) is 11.6 Å². The number of anilines is 1. The molecule has 0 aliphatic heterocycles. The van der Waals surface area contributed by atoms with Gasteiger partial charge in [0, 0.05) is 22.8 Å². The Hall–Kier alpha value is -1.67. The minimum Gasteiger partial charge on any atom is -0.508 e. The summed E-state index contributed by atoms with van der Waals surface area (Å²) < 4.78 is 0. The number of halogens is 1. The first kappa shape index (κ1) is 11.8. The molecule has 88 valence electrons. The molecular formula is C14H14ClNO. The van der Waals surface area contributed by atoms with Crippen molar-refractivity contribution in [2.45, 2.75) is 13.5 Å². The summed E-state index contributed by atoms with van der Waals surface area (Å²) in [6.45, 7) is 2.54. The summed E-state index contributed by atoms with van der Waals surface area (Å²) in [6.07, 6.45) is 0. The second-order valence-corrected chi connectivity index (χ2v) is 4.35. The van der Waals surface area contributed by atoms with Gasteiger partial charge in [-0.2, -0.15) is 0 Å². The van der Waals surface area contributed by atoms with E-state index in [1.165, 1.54) is 0 Å². The number of nitrogens with one attached hydrogen (secondary N) is 1. The first-order valence-corrected chi connectivity index (χ1v) is 5.81. The maximum atomic E-state index is 9.62. The highest BCUT2D eigenvalue weighted by Gasteiger charge is 2.01. The fraction of sp³-hybridized carbons (Fsp3) is 0.143. The Morgan fingerprint density at radius 3 is 2.65 bits per heavy atom. The molecule has 17 heavy (non-hydrogen) atoms. The highest BCUT2D eigenvalue weighted by atomic mass is 35.5. The molecule has 0 aliphatic rings. The number of hydrogen-bond donors (Lipinski definition) is 2. The molecular weight excluding hydrogens is 234 g/mol. The molecule has 2 aromatic rings. The van der Waals surface area contributed by atoms with Crippen LogP contribution in [0.1, 0.15) is 11.1 Å². The molecule has 0 unspecified atom stereocenters. The van der Waals surface area contributed by atoms with Crippen LogP contribution in [0.3, 0.4) is 0 Å². The predicted octanol–water partition coefficient (Wildman–Crippen LogP) is 3.97. The lowest BCUT2D eigenvalue weighted by Crippen LogP contribution is -1.99. The van der Waals surface area contributed by atoms with Gasteiger partial charge < -0.3 is 10.4 Å². The summed E-state index contributed by atoms with van der Waals surface area (Å²) in [5, 5.41) is 13.6. The van der Waals surface area contributed by atoms with Crippen molar-refractivity contribution in [3.63, 3.8) is 0 Å². The molecule has 0 radical (unpaired) electrons. The fourth-order valence-electron chi connectivity index (χ4n) is 1.56. The Morgan fingerprint density at radius 1 is 1.18 bits per heavy atom. The van der Waals surface area contributed by atoms with Gasteiger partial charge in [0.05, 0.1) is 0 Å². The van der Waals surface area contributed by atoms with Crippen LogP contribution in [0.5, 0.6) is 5.75 Å². The van der Waals surface area contributed by atoms with Crippen LogP contribution in [0.15, 0.2) is 42.5 Å². The molecule has 0 aromatic heterocycles. The zero-order chi connectivity index (χ0) is 12.3. The number of rotatable bonds is 3. The Balaban J connectivity index is 2.08. The van der Waals surface area contributed by atoms with E-state index in [1.807, 2.05) is 43.3 Å². The lowest BCUT2D eigenvalue weighted by Gasteiger charge is -2.09. The van der Waals surface area contributed by atoms with E-state index in [1.54, 1.807) is 6.07 Å². The molecule has 0 spiro atoms. The van der Waals surface area contributed by atoms with Crippen molar-refractivity contribution in [3.05, 3.63) is 58.6 Å². The number of phenols is 1. The Labute approximate surface area is 106 Å². The predicted molar refractivity (Wildman–Crippen MR) is 71.6 cm³/mol. The molecule has 0 atom stereocenters. The van der Waals surface area contributed by atoms with Gasteiger partial charge >= 0.3 is 0 Å². The van der Waals surface area contributed by atoms with Crippen molar-refractivity contribution in [3.8, 4) is 5.75 Å². The number of benzene rings is 2. The number of hydrogen-bond acceptors (Lipinski definition) is 2. The average molecular weight is 248 g/mol. The van der Waals surface area contributed by atoms with Gasteiger partial charge in [0.2, 0.25) is 0 Å². The molecule has 0 saturated carbocycles. The van der Waals surface area contributed by atoms with Crippen molar-refractivity contribution in [1.82, 2.24) is 0 Å². The van der Waals surface area contributed by atoms with Crippen LogP contribution in [0.2, 0.25) is 5.02 Å². The molecule has 2 N–H and O–H groups in total. The van der Waals surface area contributed by atoms with E-state index in [0.717, 1.165) is 21.8 Å². The number of phenolic OH excluding ortho intramolecular Hbond substituents is 1. The van der Waals surface area contributed by atoms with Crippen LogP contribution in [-0.2, 0) is 6.54 Å². The summed E-state index contributed by atoms with van der Waals surface area (Å²) in [5.41, 5.74) is 2.87. The summed E-state index contributed by atoms with van der Waals surface area (Å²) in [6, 6.07) is 13.1. The van der Waals surface area contributed by atoms with Crippen LogP contribution in [0.4, 0.5) is 5.69 Å². The zero-order valence-corrected chi connectivity index (χ0v) is 10.3. The van der Waals surface area contributed by atoms with Crippen molar-refractivity contribution < 1.29 is 5.11 Å². The Kier molecular flexibility index (Phi) is 3.55. The highest BCUT2D eigenvalue weighted by molar-refractivity contribution is 6.31. The minimum absolute atomic E-state index is 0.304. The number of aromatic hydroxyl groups is 1. The quantitative estimate of drug-likeness (QED) is 0.860. The van der Waals surface area contributed by atoms with Crippen LogP contribution >= 0.6 is 11.6 Å². The van der Waals surface area contributed by atoms with Gasteiger partial charge in [0.25, 0.3) is 0 Å². The zero-order valence-electron chi connectivity index (χ0n) is 9.57. The number of para-hydroxylation sites is 1. The largest absolute Gasteiger partial charge is 0.508 e. The van der Waals surface area contributed by atoms with Gasteiger partial charge in [0.15, 0.2) is 0 Å². The van der Waals surface area contributed by atoms with E-state index in [-0.39, 0.29) is 0 Å². The molecule has 0 saturated heterocycles. The molecule has 0 amide bonds. The minimum atomic E-state index is 0.304. The van der Waals surface area contributed by atoms with Crippen LogP contribution in [-0.4, -0.2) is 5.11 Å². The molecule has 0 heterocycles. The van der Waals surface area contributed by atoms with Gasteiger partial charge in [-0.1, -0.05) is 35.9 Å². The van der Waals surface area contributed by atoms with Gasteiger partial charge in [-0.15, -0.1) is 0 Å². The second kappa shape index (κ2) is 5.11. The molecule has 3 heteroatoms. The highest BCUT2D eigenvalue weighted by Crippen LogP contribution is 2.22. The summed E-state index contributed by atoms with van der Waals surface area (Å²) in [4.78, 5) is 0. The molecule has 2 rings (SSSR count). The van der Waals surface area contributed by atoms with Crippen molar-refractivity contribution in [2.24, 2.45) is 0 Å². The molecule has 0 aliphatic carbocycles. The average Bonchev–Trinajstić information content (AvgIpc) is 2.32. The Morgan fingerprint density at radius 2 is 1.94 bits per heavy atom. The van der Waals surface area contributed by atoms with Gasteiger partial charge in [0.1, 0.15) is 5.75 Å². The molecule has 0 fully saturated rings. The first-order chi connectivity index (χ1) is 8.16. The van der Waals surface area contributed by atoms with E-state index in [9.17, 15) is 5.11 Å². The maximum absolute atomic E-state index is 9.62. The smallest absolute Gasteiger partial charge is 0.120 e. The van der Waals surface area contributed by atoms with Crippen molar-refractivity contribution in [1.29, 1.82) is 0 Å². The second-order valence-electron chi connectivity index (χ2n) is 3.95. The SMILES string of the molecule is Cc1ccc(NCc2ccccc2O)cc1Cl. The lowest BCUT2D eigenvalue weighted by molar-refractivity contribution is 0.469. The summed E-state index contributed by atoms with van der Waals surface area (Å²) in [7, 11) is 0. The topological polar surface area (TPSA) is 32.3 Å². The van der Waals surface area contributed by atoms with E-state index in [2.05, 4.69) is 5.32 Å².